The highest BCUT2D eigenvalue weighted by Gasteiger charge is 2.10. The molecule has 0 saturated heterocycles. The molecule has 0 atom stereocenters. The quantitative estimate of drug-likeness (QED) is 0.326. The van der Waals surface area contributed by atoms with Crippen LogP contribution in [0.1, 0.15) is 33.6 Å². The van der Waals surface area contributed by atoms with Crippen molar-refractivity contribution in [2.45, 2.75) is 33.6 Å². The van der Waals surface area contributed by atoms with Crippen LogP contribution in [0, 0.1) is 0 Å². The Kier molecular flexibility index (Phi) is 7.06. The second-order valence-corrected chi connectivity index (χ2v) is 4.95. The van der Waals surface area contributed by atoms with Gasteiger partial charge in [0.05, 0.1) is 6.26 Å². The molecular weight excluding hydrogens is 227 g/mol. The van der Waals surface area contributed by atoms with Crippen molar-refractivity contribution in [2.24, 2.45) is 0 Å². The predicted molar refractivity (Wildman–Crippen MR) is 64.7 cm³/mol. The third-order valence-electron chi connectivity index (χ3n) is 1.75. The minimum atomic E-state index is -4.39. The third-order valence-corrected chi connectivity index (χ3v) is 2.15. The molecule has 4 nitrogen and oxygen atoms in total. The zero-order valence-electron chi connectivity index (χ0n) is 9.88. The van der Waals surface area contributed by atoms with E-state index >= 15 is 0 Å². The molecule has 0 bridgehead atoms. The van der Waals surface area contributed by atoms with Crippen LogP contribution >= 0.6 is 7.82 Å². The van der Waals surface area contributed by atoms with Crippen LogP contribution in [-0.2, 0) is 9.09 Å². The molecule has 0 saturated carbocycles. The summed E-state index contributed by atoms with van der Waals surface area (Å²) in [6, 6.07) is 0. The summed E-state index contributed by atoms with van der Waals surface area (Å²) in [4.78, 5) is 16.8. The summed E-state index contributed by atoms with van der Waals surface area (Å²) in [5, 5.41) is 0. The van der Waals surface area contributed by atoms with Crippen LogP contribution in [0.15, 0.2) is 35.6 Å². The summed E-state index contributed by atoms with van der Waals surface area (Å²) < 4.78 is 14.5. The second kappa shape index (κ2) is 7.44. The van der Waals surface area contributed by atoms with Crippen molar-refractivity contribution in [3.8, 4) is 0 Å². The Morgan fingerprint density at radius 1 is 1.31 bits per heavy atom. The van der Waals surface area contributed by atoms with Crippen molar-refractivity contribution >= 4 is 7.82 Å². The number of allylic oxidation sites excluding steroid dienone is 5. The molecule has 0 aromatic rings. The molecule has 0 heterocycles. The SMILES string of the molecule is CC(C)=CCC/C(C)=C/C=C/OP(=O)(O)O. The number of phosphoric ester groups is 1. The molecule has 0 radical (unpaired) electrons. The van der Waals surface area contributed by atoms with Gasteiger partial charge in [-0.15, -0.1) is 0 Å². The van der Waals surface area contributed by atoms with Gasteiger partial charge in [0.1, 0.15) is 0 Å². The van der Waals surface area contributed by atoms with Gasteiger partial charge in [0.25, 0.3) is 0 Å². The molecule has 5 heteroatoms. The predicted octanol–water partition coefficient (Wildman–Crippen LogP) is 3.30. The summed E-state index contributed by atoms with van der Waals surface area (Å²) in [7, 11) is -4.39. The lowest BCUT2D eigenvalue weighted by Crippen LogP contribution is -1.78. The van der Waals surface area contributed by atoms with Crippen LogP contribution in [0.2, 0.25) is 0 Å². The maximum absolute atomic E-state index is 10.3. The smallest absolute Gasteiger partial charge is 0.412 e. The van der Waals surface area contributed by atoms with E-state index in [1.165, 1.54) is 11.6 Å². The van der Waals surface area contributed by atoms with E-state index in [0.717, 1.165) is 24.7 Å². The van der Waals surface area contributed by atoms with Crippen LogP contribution in [-0.4, -0.2) is 9.79 Å². The van der Waals surface area contributed by atoms with E-state index in [4.69, 9.17) is 9.79 Å². The summed E-state index contributed by atoms with van der Waals surface area (Å²) in [6.07, 6.45) is 8.30. The van der Waals surface area contributed by atoms with Gasteiger partial charge in [-0.1, -0.05) is 23.3 Å². The molecule has 16 heavy (non-hydrogen) atoms. The monoisotopic (exact) mass is 246 g/mol. The van der Waals surface area contributed by atoms with Gasteiger partial charge >= 0.3 is 7.82 Å². The van der Waals surface area contributed by atoms with Crippen LogP contribution in [0.25, 0.3) is 0 Å². The first-order chi connectivity index (χ1) is 7.31. The molecule has 0 aliphatic rings. The lowest BCUT2D eigenvalue weighted by Gasteiger charge is -1.99. The number of rotatable bonds is 6. The normalized spacial score (nSPS) is 12.9. The third kappa shape index (κ3) is 11.2. The highest BCUT2D eigenvalue weighted by Crippen LogP contribution is 2.35. The number of phosphoric acid groups is 1. The Labute approximate surface area is 96.6 Å². The molecule has 0 aromatic heterocycles. The van der Waals surface area contributed by atoms with Gasteiger partial charge in [0, 0.05) is 0 Å². The lowest BCUT2D eigenvalue weighted by atomic mass is 10.1. The maximum Gasteiger partial charge on any atom is 0.524 e. The van der Waals surface area contributed by atoms with Crippen molar-refractivity contribution < 1.29 is 18.9 Å². The first kappa shape index (κ1) is 15.2. The molecular formula is C11H19O4P. The van der Waals surface area contributed by atoms with Crippen LogP contribution in [0.3, 0.4) is 0 Å². The Bertz CT molecular complexity index is 332. The fourth-order valence-electron chi connectivity index (χ4n) is 0.990. The van der Waals surface area contributed by atoms with Gasteiger partial charge in [-0.2, -0.15) is 0 Å². The molecule has 0 fully saturated rings. The number of hydrogen-bond donors (Lipinski definition) is 2. The van der Waals surface area contributed by atoms with E-state index in [0.29, 0.717) is 0 Å². The molecule has 0 aliphatic carbocycles. The highest BCUT2D eigenvalue weighted by atomic mass is 31.2. The van der Waals surface area contributed by atoms with E-state index in [9.17, 15) is 4.57 Å². The summed E-state index contributed by atoms with van der Waals surface area (Å²) in [5.74, 6) is 0. The molecule has 92 valence electrons. The van der Waals surface area contributed by atoms with Gasteiger partial charge in [-0.05, 0) is 39.7 Å². The van der Waals surface area contributed by atoms with Crippen molar-refractivity contribution in [1.82, 2.24) is 0 Å². The van der Waals surface area contributed by atoms with E-state index in [2.05, 4.69) is 10.6 Å². The Morgan fingerprint density at radius 3 is 2.44 bits per heavy atom. The molecule has 0 amide bonds. The highest BCUT2D eigenvalue weighted by molar-refractivity contribution is 7.46. The Morgan fingerprint density at radius 2 is 1.94 bits per heavy atom. The van der Waals surface area contributed by atoms with Gasteiger partial charge < -0.3 is 4.52 Å². The van der Waals surface area contributed by atoms with Crippen LogP contribution in [0.4, 0.5) is 0 Å². The summed E-state index contributed by atoms with van der Waals surface area (Å²) >= 11 is 0. The minimum Gasteiger partial charge on any atom is -0.412 e. The standard InChI is InChI=1S/C11H19O4P/c1-10(2)6-4-7-11(3)8-5-9-15-16(12,13)14/h5-6,8-9H,4,7H2,1-3H3,(H2,12,13,14)/b9-5+,11-8+. The maximum atomic E-state index is 10.3. The number of hydrogen-bond acceptors (Lipinski definition) is 2. The average molecular weight is 246 g/mol. The fraction of sp³-hybridized carbons (Fsp3) is 0.455. The average Bonchev–Trinajstić information content (AvgIpc) is 2.10. The molecule has 0 aromatic carbocycles. The van der Waals surface area contributed by atoms with E-state index in [1.54, 1.807) is 6.08 Å². The molecule has 0 unspecified atom stereocenters. The van der Waals surface area contributed by atoms with Crippen molar-refractivity contribution in [3.05, 3.63) is 35.6 Å². The van der Waals surface area contributed by atoms with Gasteiger partial charge in [0.2, 0.25) is 0 Å². The zero-order valence-corrected chi connectivity index (χ0v) is 10.8. The van der Waals surface area contributed by atoms with Gasteiger partial charge in [-0.3, -0.25) is 9.79 Å². The minimum absolute atomic E-state index is 0.922. The Hall–Kier alpha value is -0.830. The fourth-order valence-corrected chi connectivity index (χ4v) is 1.22. The summed E-state index contributed by atoms with van der Waals surface area (Å²) in [6.45, 7) is 6.06. The second-order valence-electron chi connectivity index (χ2n) is 3.76. The molecule has 2 N–H and O–H groups in total. The molecule has 0 spiro atoms. The molecule has 0 aliphatic heterocycles. The largest absolute Gasteiger partial charge is 0.524 e. The van der Waals surface area contributed by atoms with E-state index < -0.39 is 7.82 Å². The summed E-state index contributed by atoms with van der Waals surface area (Å²) in [5.41, 5.74) is 2.41. The van der Waals surface area contributed by atoms with E-state index in [1.807, 2.05) is 20.8 Å². The topological polar surface area (TPSA) is 66.8 Å². The zero-order chi connectivity index (χ0) is 12.6. The first-order valence-corrected chi connectivity index (χ1v) is 6.54. The van der Waals surface area contributed by atoms with Crippen LogP contribution in [0.5, 0.6) is 0 Å². The first-order valence-electron chi connectivity index (χ1n) is 5.01. The van der Waals surface area contributed by atoms with Gasteiger partial charge in [0.15, 0.2) is 0 Å². The Balaban J connectivity index is 3.96. The van der Waals surface area contributed by atoms with Crippen molar-refractivity contribution in [3.63, 3.8) is 0 Å². The lowest BCUT2D eigenvalue weighted by molar-refractivity contribution is 0.258. The van der Waals surface area contributed by atoms with Gasteiger partial charge in [-0.25, -0.2) is 4.57 Å². The molecule has 0 rings (SSSR count). The van der Waals surface area contributed by atoms with E-state index in [-0.39, 0.29) is 0 Å². The van der Waals surface area contributed by atoms with Crippen LogP contribution < -0.4 is 0 Å². The van der Waals surface area contributed by atoms with Crippen molar-refractivity contribution in [1.29, 1.82) is 0 Å². The van der Waals surface area contributed by atoms with Crippen molar-refractivity contribution in [2.75, 3.05) is 0 Å².